The first-order chi connectivity index (χ1) is 47.9. The minimum absolute atomic E-state index is 0.00864. The van der Waals surface area contributed by atoms with Gasteiger partial charge in [-0.25, -0.2) is 0 Å². The molecule has 12 aliphatic rings. The number of benzene rings is 1. The third-order valence-electron chi connectivity index (χ3n) is 21.9. The van der Waals surface area contributed by atoms with E-state index in [9.17, 15) is 80.5 Å². The summed E-state index contributed by atoms with van der Waals surface area (Å²) >= 11 is 0. The number of aliphatic hydroxyl groups is 12. The van der Waals surface area contributed by atoms with Gasteiger partial charge in [-0.05, 0) is 74.0 Å². The van der Waals surface area contributed by atoms with E-state index in [1.54, 1.807) is 0 Å². The van der Waals surface area contributed by atoms with Crippen LogP contribution in [0, 0.1) is 29.6 Å². The lowest BCUT2D eigenvalue weighted by atomic mass is 9.53. The number of amides is 6. The number of rotatable bonds is 16. The maximum absolute atomic E-state index is 15.2. The van der Waals surface area contributed by atoms with Gasteiger partial charge in [-0.3, -0.25) is 38.8 Å². The highest BCUT2D eigenvalue weighted by Crippen LogP contribution is 2.61. The first-order valence-corrected chi connectivity index (χ1v) is 34.4. The van der Waals surface area contributed by atoms with Crippen LogP contribution in [-0.2, 0) is 63.6 Å². The molecular weight excluding hydrogens is 1320 g/mol. The molecule has 5 saturated heterocycles. The van der Waals surface area contributed by atoms with E-state index in [-0.39, 0.29) is 54.6 Å². The summed E-state index contributed by atoms with van der Waals surface area (Å²) in [6.45, 7) is -4.45. The second-order valence-electron chi connectivity index (χ2n) is 28.4. The molecule has 556 valence electrons. The van der Waals surface area contributed by atoms with Crippen molar-refractivity contribution < 1.29 is 123 Å². The van der Waals surface area contributed by atoms with E-state index in [1.807, 2.05) is 0 Å². The highest BCUT2D eigenvalue weighted by Gasteiger charge is 2.65. The Bertz CT molecular complexity index is 3120. The van der Waals surface area contributed by atoms with Gasteiger partial charge in [-0.1, -0.05) is 44.2 Å². The van der Waals surface area contributed by atoms with Gasteiger partial charge in [0.15, 0.2) is 30.2 Å². The summed E-state index contributed by atoms with van der Waals surface area (Å²) in [6.07, 6.45) is -20.0. The zero-order valence-corrected chi connectivity index (χ0v) is 54.7. The van der Waals surface area contributed by atoms with Gasteiger partial charge in [-0.15, -0.1) is 0 Å². The molecule has 4 bridgehead atoms. The van der Waals surface area contributed by atoms with E-state index in [2.05, 4.69) is 47.2 Å². The fourth-order valence-corrected chi connectivity index (χ4v) is 16.7. The van der Waals surface area contributed by atoms with Gasteiger partial charge < -0.3 is 148 Å². The average Bonchev–Trinajstić information content (AvgIpc) is 0.807. The number of nitrogens with zero attached hydrogens (tertiary/aromatic N) is 3. The van der Waals surface area contributed by atoms with Crippen molar-refractivity contribution in [2.45, 2.75) is 229 Å². The molecule has 6 amide bonds. The van der Waals surface area contributed by atoms with E-state index >= 15 is 9.59 Å². The summed E-state index contributed by atoms with van der Waals surface area (Å²) in [5.74, 6) is -7.10. The summed E-state index contributed by atoms with van der Waals surface area (Å²) in [5, 5.41) is 152. The molecule has 0 radical (unpaired) electrons. The Balaban J connectivity index is 0.778. The third-order valence-corrected chi connectivity index (χ3v) is 21.9. The maximum atomic E-state index is 15.2. The van der Waals surface area contributed by atoms with Crippen molar-refractivity contribution in [1.82, 2.24) is 42.1 Å². The zero-order chi connectivity index (χ0) is 71.2. The molecule has 23 N–H and O–H groups in total. The summed E-state index contributed by atoms with van der Waals surface area (Å²) in [4.78, 5) is 96.3. The molecule has 13 rings (SSSR count). The third kappa shape index (κ3) is 15.1. The first-order valence-electron chi connectivity index (χ1n) is 34.4. The van der Waals surface area contributed by atoms with Crippen LogP contribution in [0.25, 0.3) is 0 Å². The number of ether oxygens (including phenoxy) is 7. The number of carbonyl (C=O) groups is 6. The monoisotopic (exact) mass is 1420 g/mol. The highest BCUT2D eigenvalue weighted by molar-refractivity contribution is 5.98. The molecule has 5 aliphatic carbocycles. The van der Waals surface area contributed by atoms with Gasteiger partial charge in [0, 0.05) is 18.3 Å². The quantitative estimate of drug-likeness (QED) is 0.0731. The van der Waals surface area contributed by atoms with E-state index in [0.29, 0.717) is 24.7 Å². The first kappa shape index (κ1) is 73.4. The molecule has 24 atom stereocenters. The van der Waals surface area contributed by atoms with Crippen LogP contribution in [0.5, 0.6) is 5.75 Å². The predicted molar refractivity (Wildman–Crippen MR) is 337 cm³/mol. The number of hydrogen-bond acceptors (Lipinski definition) is 31. The van der Waals surface area contributed by atoms with E-state index in [4.69, 9.17) is 44.6 Å². The van der Waals surface area contributed by atoms with Crippen LogP contribution >= 0.6 is 0 Å². The van der Waals surface area contributed by atoms with Crippen LogP contribution in [0.1, 0.15) is 76.2 Å². The molecule has 7 heterocycles. The van der Waals surface area contributed by atoms with Crippen molar-refractivity contribution in [3.05, 3.63) is 29.8 Å². The Labute approximate surface area is 573 Å². The van der Waals surface area contributed by atoms with Crippen molar-refractivity contribution in [1.29, 1.82) is 0 Å². The molecule has 10 fully saturated rings. The van der Waals surface area contributed by atoms with Crippen LogP contribution < -0.4 is 53.4 Å². The second kappa shape index (κ2) is 30.9. The number of nitrogens with two attached hydrogens (primary N) is 2. The molecule has 1 aromatic carbocycles. The molecule has 0 aromatic heterocycles. The number of hydrogen-bond donors (Lipinski definition) is 21. The largest absolute Gasteiger partial charge is 0.462 e. The number of nitrogens with one attached hydrogen (secondary N) is 7. The molecule has 5 saturated carbocycles. The Morgan fingerprint density at radius 1 is 0.610 bits per heavy atom. The second-order valence-corrected chi connectivity index (χ2v) is 28.4. The fourth-order valence-electron chi connectivity index (χ4n) is 16.7. The molecule has 4 unspecified atom stereocenters. The Morgan fingerprint density at radius 3 is 1.91 bits per heavy atom. The number of carbonyl (C=O) groups excluding carboxylic acids is 6. The lowest BCUT2D eigenvalue weighted by Crippen LogP contribution is -2.71. The minimum Gasteiger partial charge on any atom is -0.462 e. The SMILES string of the molecule is NC1=NCC(C(O)[C@@H]2NC(=O)[C@@H](Cc3ccc(O[C@H]4O[C@H](CO)[C@@H](O[C@H]5O[C@@H]6COC7(O[C@H]6[C@H](O)[C@@H]5O)C5CC6CC(C5)CC7C6)[C@H](O)[C@@H]4O)cc3)NC(=O)[C@H](CC3CCCCC3)NC(=O)CNC(=O)[C@H](CO)NC(=O)[C@@H](C(O)C3CN=C(N)N3[C@H]3O[C@H](CO)[C@@H](O)[C@H](O)[C@@H]3O)NC2=O)N1. The molecule has 37 heteroatoms. The van der Waals surface area contributed by atoms with Gasteiger partial charge in [0.2, 0.25) is 41.7 Å². The summed E-state index contributed by atoms with van der Waals surface area (Å²) in [7, 11) is 0. The topological polar surface area (TPSA) is 574 Å². The Kier molecular flexibility index (Phi) is 22.7. The van der Waals surface area contributed by atoms with Crippen molar-refractivity contribution in [3.63, 3.8) is 0 Å². The summed E-state index contributed by atoms with van der Waals surface area (Å²) in [6, 6.07) is -6.74. The van der Waals surface area contributed by atoms with Gasteiger partial charge in [0.25, 0.3) is 0 Å². The molecule has 7 aliphatic heterocycles. The van der Waals surface area contributed by atoms with Crippen LogP contribution in [0.4, 0.5) is 0 Å². The molecule has 100 heavy (non-hydrogen) atoms. The zero-order valence-electron chi connectivity index (χ0n) is 54.7. The van der Waals surface area contributed by atoms with E-state index < -0.39 is 233 Å². The fraction of sp³-hybridized carbons (Fsp3) is 0.778. The molecule has 1 spiro atoms. The standard InChI is InChI=1S/C63H94N12O25/c64-61-67-17-33(72-61)42(80)40-57(93)74-41(43(81)35-18-68-62(65)75(35)58-48(86)45(83)44(82)36(21-77)96-58)56(92)71-34(20-76)53(89)66-19-39(79)69-31(15-24-4-2-1-3-5-24)54(90)70-32(55(91)73-40)16-25-6-8-30(9-7-25)95-59-49(87)46(84)51(37(22-78)97-59)99-60-50(88)47(85)52-38(98-60)23-94-63(100-52)28-11-26-10-27(13-28)14-29(63)12-26/h6-9,24,26-29,31-38,40-52,58-60,76-78,80-88H,1-5,10-23H2,(H2,65,68)(H,66,89)(H,69,79)(H,70,90)(H,71,92)(H,73,91)(H,74,93)(H3,64,67,72)/t26?,27?,28?,29?,31-,32+,33?,34-,35?,36+,37+,38+,40-,41+,42?,43?,44+,45-,46+,47+,48-,49-,50-,51+,52+,58-,59-,60+,63?/m0/s1. The summed E-state index contributed by atoms with van der Waals surface area (Å²) in [5.41, 5.74) is 12.5. The lowest BCUT2D eigenvalue weighted by Gasteiger charge is -2.63. The van der Waals surface area contributed by atoms with Crippen LogP contribution in [0.15, 0.2) is 34.3 Å². The summed E-state index contributed by atoms with van der Waals surface area (Å²) < 4.78 is 43.0. The smallest absolute Gasteiger partial charge is 0.246 e. The lowest BCUT2D eigenvalue weighted by molar-refractivity contribution is -0.437. The predicted octanol–water partition coefficient (Wildman–Crippen LogP) is -10.2. The van der Waals surface area contributed by atoms with Gasteiger partial charge in [0.05, 0.1) is 58.1 Å². The molecular formula is C63H94N12O25. The van der Waals surface area contributed by atoms with Crippen molar-refractivity contribution >= 4 is 47.4 Å². The van der Waals surface area contributed by atoms with Crippen molar-refractivity contribution in [3.8, 4) is 5.75 Å². The molecule has 1 aromatic rings. The van der Waals surface area contributed by atoms with E-state index in [0.717, 1.165) is 49.8 Å². The van der Waals surface area contributed by atoms with Crippen molar-refractivity contribution in [2.75, 3.05) is 46.1 Å². The number of fused-ring (bicyclic) bond motifs is 1. The molecule has 37 nitrogen and oxygen atoms in total. The Hall–Kier alpha value is -6.34. The van der Waals surface area contributed by atoms with Crippen molar-refractivity contribution in [2.24, 2.45) is 51.0 Å². The highest BCUT2D eigenvalue weighted by atomic mass is 16.8. The van der Waals surface area contributed by atoms with Gasteiger partial charge >= 0.3 is 0 Å². The number of aliphatic hydroxyl groups excluding tert-OH is 12. The van der Waals surface area contributed by atoms with Crippen LogP contribution in [0.2, 0.25) is 0 Å². The van der Waals surface area contributed by atoms with Gasteiger partial charge in [0.1, 0.15) is 121 Å². The van der Waals surface area contributed by atoms with Crippen LogP contribution in [-0.4, -0.2) is 312 Å². The minimum atomic E-state index is -2.32. The van der Waals surface area contributed by atoms with Gasteiger partial charge in [-0.2, -0.15) is 0 Å². The number of aliphatic imine (C=N–C) groups is 2. The normalized spacial score (nSPS) is 42.9. The van der Waals surface area contributed by atoms with Crippen LogP contribution in [0.3, 0.4) is 0 Å². The Morgan fingerprint density at radius 2 is 1.25 bits per heavy atom. The average molecular weight is 1420 g/mol. The number of guanidine groups is 2. The van der Waals surface area contributed by atoms with E-state index in [1.165, 1.54) is 30.7 Å². The maximum Gasteiger partial charge on any atom is 0.246 e.